The fourth-order valence-corrected chi connectivity index (χ4v) is 3.61. The average Bonchev–Trinajstić information content (AvgIpc) is 2.64. The Bertz CT molecular complexity index is 430. The molecule has 1 atom stereocenters. The first kappa shape index (κ1) is 22.5. The minimum Gasteiger partial charge on any atom is -0.450 e. The molecule has 7 heteroatoms. The van der Waals surface area contributed by atoms with Crippen molar-refractivity contribution < 1.29 is 9.53 Å². The molecule has 0 spiro atoms. The molecule has 0 aromatic rings. The number of likely N-dealkylation sites (tertiary alicyclic amines) is 1. The van der Waals surface area contributed by atoms with Gasteiger partial charge in [-0.05, 0) is 39.8 Å². The number of carbonyl (C=O) groups excluding carboxylic acids is 1. The van der Waals surface area contributed by atoms with Gasteiger partial charge in [-0.25, -0.2) is 4.79 Å². The van der Waals surface area contributed by atoms with E-state index in [4.69, 9.17) is 4.74 Å². The fraction of sp³-hybridized carbons (Fsp3) is 0.895. The zero-order valence-corrected chi connectivity index (χ0v) is 17.5. The number of piperidine rings is 1. The van der Waals surface area contributed by atoms with Crippen molar-refractivity contribution in [3.8, 4) is 0 Å². The highest BCUT2D eigenvalue weighted by molar-refractivity contribution is 5.80. The number of likely N-dealkylation sites (N-methyl/N-ethyl adjacent to an activating group) is 1. The number of carbonyl (C=O) groups is 1. The van der Waals surface area contributed by atoms with Gasteiger partial charge in [-0.1, -0.05) is 26.7 Å². The lowest BCUT2D eigenvalue weighted by molar-refractivity contribution is 0.0963. The fourth-order valence-electron chi connectivity index (χ4n) is 3.61. The van der Waals surface area contributed by atoms with E-state index in [1.165, 1.54) is 12.8 Å². The molecule has 1 heterocycles. The molecule has 0 aromatic heterocycles. The first-order chi connectivity index (χ1) is 12.5. The van der Waals surface area contributed by atoms with Gasteiger partial charge >= 0.3 is 6.09 Å². The van der Waals surface area contributed by atoms with E-state index >= 15 is 0 Å². The van der Waals surface area contributed by atoms with Crippen molar-refractivity contribution in [1.82, 2.24) is 20.4 Å². The zero-order valence-electron chi connectivity index (χ0n) is 17.5. The van der Waals surface area contributed by atoms with Gasteiger partial charge in [0.15, 0.2) is 5.96 Å². The van der Waals surface area contributed by atoms with E-state index in [1.807, 2.05) is 14.0 Å². The van der Waals surface area contributed by atoms with E-state index in [0.29, 0.717) is 24.6 Å². The number of nitrogens with one attached hydrogen (secondary N) is 2. The van der Waals surface area contributed by atoms with Gasteiger partial charge in [-0.15, -0.1) is 0 Å². The van der Waals surface area contributed by atoms with Crippen molar-refractivity contribution in [3.05, 3.63) is 0 Å². The average molecular weight is 370 g/mol. The van der Waals surface area contributed by atoms with E-state index in [9.17, 15) is 4.79 Å². The lowest BCUT2D eigenvalue weighted by Crippen LogP contribution is -2.52. The molecule has 0 bridgehead atoms. The Morgan fingerprint density at radius 1 is 1.23 bits per heavy atom. The first-order valence-corrected chi connectivity index (χ1v) is 10.0. The smallest absolute Gasteiger partial charge is 0.409 e. The quantitative estimate of drug-likeness (QED) is 0.507. The van der Waals surface area contributed by atoms with Crippen molar-refractivity contribution in [1.29, 1.82) is 0 Å². The second kappa shape index (κ2) is 12.0. The van der Waals surface area contributed by atoms with Crippen LogP contribution in [0.25, 0.3) is 0 Å². The van der Waals surface area contributed by atoms with Crippen LogP contribution in [0.3, 0.4) is 0 Å². The Morgan fingerprint density at radius 2 is 1.85 bits per heavy atom. The van der Waals surface area contributed by atoms with Crippen molar-refractivity contribution in [2.24, 2.45) is 10.9 Å². The molecule has 7 nitrogen and oxygen atoms in total. The minimum absolute atomic E-state index is 0.201. The van der Waals surface area contributed by atoms with Gasteiger partial charge in [0, 0.05) is 38.8 Å². The van der Waals surface area contributed by atoms with Crippen LogP contribution in [0.15, 0.2) is 4.99 Å². The van der Waals surface area contributed by atoms with Gasteiger partial charge in [-0.3, -0.25) is 4.99 Å². The number of aliphatic imine (C=N–C) groups is 1. The van der Waals surface area contributed by atoms with Crippen LogP contribution in [-0.2, 0) is 4.74 Å². The number of hydrogen-bond donors (Lipinski definition) is 2. The highest BCUT2D eigenvalue weighted by Gasteiger charge is 2.25. The molecule has 0 aliphatic carbocycles. The van der Waals surface area contributed by atoms with E-state index in [2.05, 4.69) is 48.5 Å². The van der Waals surface area contributed by atoms with Gasteiger partial charge in [0.1, 0.15) is 0 Å². The molecule has 1 amide bonds. The topological polar surface area (TPSA) is 69.2 Å². The molecule has 1 rings (SSSR count). The Balaban J connectivity index is 2.47. The molecular weight excluding hydrogens is 330 g/mol. The molecule has 26 heavy (non-hydrogen) atoms. The van der Waals surface area contributed by atoms with Crippen LogP contribution in [0, 0.1) is 5.92 Å². The first-order valence-electron chi connectivity index (χ1n) is 10.0. The molecular formula is C19H39N5O2. The van der Waals surface area contributed by atoms with Crippen molar-refractivity contribution in [3.63, 3.8) is 0 Å². The number of hydrogen-bond acceptors (Lipinski definition) is 4. The predicted octanol–water partition coefficient (Wildman–Crippen LogP) is 2.14. The number of nitrogens with zero attached hydrogens (tertiary/aromatic N) is 3. The van der Waals surface area contributed by atoms with Crippen LogP contribution in [0.4, 0.5) is 4.79 Å². The van der Waals surface area contributed by atoms with Crippen molar-refractivity contribution in [2.45, 2.75) is 58.5 Å². The maximum atomic E-state index is 11.8. The van der Waals surface area contributed by atoms with Crippen LogP contribution < -0.4 is 10.6 Å². The van der Waals surface area contributed by atoms with Crippen LogP contribution in [-0.4, -0.2) is 81.3 Å². The number of ether oxygens (including phenoxy) is 1. The largest absolute Gasteiger partial charge is 0.450 e. The molecule has 0 aromatic carbocycles. The Labute approximate surface area is 159 Å². The molecule has 2 N–H and O–H groups in total. The third kappa shape index (κ3) is 7.02. The molecule has 1 unspecified atom stereocenters. The summed E-state index contributed by atoms with van der Waals surface area (Å²) < 4.78 is 5.08. The SMILES string of the molecule is CCOC(=O)N1CCC(NC(=NC)NCC(C(CC)CC)N(C)C)CC1. The van der Waals surface area contributed by atoms with Gasteiger partial charge in [0.2, 0.25) is 0 Å². The third-order valence-corrected chi connectivity index (χ3v) is 5.32. The summed E-state index contributed by atoms with van der Waals surface area (Å²) in [5, 5.41) is 7.00. The summed E-state index contributed by atoms with van der Waals surface area (Å²) >= 11 is 0. The molecule has 0 saturated carbocycles. The number of amides is 1. The Kier molecular flexibility index (Phi) is 10.4. The molecule has 0 radical (unpaired) electrons. The van der Waals surface area contributed by atoms with Crippen LogP contribution in [0.1, 0.15) is 46.5 Å². The van der Waals surface area contributed by atoms with Crippen LogP contribution >= 0.6 is 0 Å². The molecule has 1 aliphatic heterocycles. The molecule has 1 fully saturated rings. The van der Waals surface area contributed by atoms with E-state index in [-0.39, 0.29) is 6.09 Å². The lowest BCUT2D eigenvalue weighted by atomic mass is 9.93. The third-order valence-electron chi connectivity index (χ3n) is 5.32. The van der Waals surface area contributed by atoms with Crippen molar-refractivity contribution in [2.75, 3.05) is 47.4 Å². The number of guanidine groups is 1. The molecule has 1 aliphatic rings. The van der Waals surface area contributed by atoms with Gasteiger partial charge in [-0.2, -0.15) is 0 Å². The van der Waals surface area contributed by atoms with E-state index < -0.39 is 0 Å². The Morgan fingerprint density at radius 3 is 2.31 bits per heavy atom. The maximum absolute atomic E-state index is 11.8. The van der Waals surface area contributed by atoms with Crippen molar-refractivity contribution >= 4 is 12.1 Å². The lowest BCUT2D eigenvalue weighted by Gasteiger charge is -2.34. The molecule has 152 valence electrons. The Hall–Kier alpha value is -1.50. The summed E-state index contributed by atoms with van der Waals surface area (Å²) in [6.07, 6.45) is 3.97. The van der Waals surface area contributed by atoms with Crippen LogP contribution in [0.2, 0.25) is 0 Å². The van der Waals surface area contributed by atoms with E-state index in [0.717, 1.165) is 38.4 Å². The summed E-state index contributed by atoms with van der Waals surface area (Å²) in [5.41, 5.74) is 0. The van der Waals surface area contributed by atoms with Gasteiger partial charge in [0.05, 0.1) is 6.61 Å². The summed E-state index contributed by atoms with van der Waals surface area (Å²) in [6.45, 7) is 9.11. The summed E-state index contributed by atoms with van der Waals surface area (Å²) in [6, 6.07) is 0.812. The van der Waals surface area contributed by atoms with Gasteiger partial charge < -0.3 is 25.2 Å². The molecule has 1 saturated heterocycles. The highest BCUT2D eigenvalue weighted by Crippen LogP contribution is 2.16. The maximum Gasteiger partial charge on any atom is 0.409 e. The normalized spacial score (nSPS) is 17.5. The minimum atomic E-state index is -0.201. The van der Waals surface area contributed by atoms with Crippen LogP contribution in [0.5, 0.6) is 0 Å². The van der Waals surface area contributed by atoms with Gasteiger partial charge in [0.25, 0.3) is 0 Å². The number of rotatable bonds is 8. The van der Waals surface area contributed by atoms with E-state index in [1.54, 1.807) is 4.90 Å². The second-order valence-corrected chi connectivity index (χ2v) is 7.17. The predicted molar refractivity (Wildman–Crippen MR) is 108 cm³/mol. The highest BCUT2D eigenvalue weighted by atomic mass is 16.6. The summed E-state index contributed by atoms with van der Waals surface area (Å²) in [7, 11) is 6.10. The summed E-state index contributed by atoms with van der Waals surface area (Å²) in [5.74, 6) is 1.51. The monoisotopic (exact) mass is 369 g/mol. The zero-order chi connectivity index (χ0) is 19.5. The second-order valence-electron chi connectivity index (χ2n) is 7.17. The standard InChI is InChI=1S/C19H39N5O2/c1-7-15(8-2)17(23(5)6)14-21-18(20-4)22-16-10-12-24(13-11-16)19(25)26-9-3/h15-17H,7-14H2,1-6H3,(H2,20,21,22). The summed E-state index contributed by atoms with van der Waals surface area (Å²) in [4.78, 5) is 20.3.